The molecule has 1 saturated heterocycles. The molecular weight excluding hydrogens is 396 g/mol. The van der Waals surface area contributed by atoms with E-state index in [0.717, 1.165) is 25.7 Å². The van der Waals surface area contributed by atoms with Crippen molar-refractivity contribution in [3.8, 4) is 0 Å². The molecule has 0 aromatic rings. The maximum Gasteiger partial charge on any atom is 0.315 e. The third kappa shape index (κ3) is 5.02. The lowest BCUT2D eigenvalue weighted by molar-refractivity contribution is -0.224. The highest BCUT2D eigenvalue weighted by atomic mass is 16.7. The molecule has 1 saturated carbocycles. The molecule has 1 heterocycles. The van der Waals surface area contributed by atoms with Gasteiger partial charge in [-0.25, -0.2) is 0 Å². The average molecular weight is 439 g/mol. The number of allylic oxidation sites excluding steroid dienone is 1. The van der Waals surface area contributed by atoms with Crippen LogP contribution in [0.5, 0.6) is 0 Å². The van der Waals surface area contributed by atoms with Crippen LogP contribution in [0.2, 0.25) is 0 Å². The van der Waals surface area contributed by atoms with E-state index in [4.69, 9.17) is 23.7 Å². The summed E-state index contributed by atoms with van der Waals surface area (Å²) in [6, 6.07) is 0. The van der Waals surface area contributed by atoms with E-state index in [1.54, 1.807) is 7.11 Å². The van der Waals surface area contributed by atoms with Crippen molar-refractivity contribution >= 4 is 5.97 Å². The average Bonchev–Trinajstić information content (AvgIpc) is 3.13. The number of rotatable bonds is 9. The standard InChI is InChI=1S/C25H42O6/c1-7-28-22(26)24(16-25(15-18(2)3)30-13-14-31-25)12-10-20-19(21(24)29-17-27-6)9-8-11-23(20,4)5/h9,18,20-21H,7-8,10-17H2,1-6H3/t20-,21-,24+/m1/s1. The second-order valence-electron chi connectivity index (χ2n) is 10.5. The van der Waals surface area contributed by atoms with Crippen LogP contribution >= 0.6 is 0 Å². The lowest BCUT2D eigenvalue weighted by Gasteiger charge is -2.53. The summed E-state index contributed by atoms with van der Waals surface area (Å²) in [6.45, 7) is 12.4. The third-order valence-electron chi connectivity index (χ3n) is 7.35. The summed E-state index contributed by atoms with van der Waals surface area (Å²) >= 11 is 0. The summed E-state index contributed by atoms with van der Waals surface area (Å²) < 4.78 is 29.7. The summed E-state index contributed by atoms with van der Waals surface area (Å²) in [5.74, 6) is -0.231. The van der Waals surface area contributed by atoms with Crippen molar-refractivity contribution in [2.45, 2.75) is 85.0 Å². The molecule has 2 aliphatic carbocycles. The molecule has 0 radical (unpaired) electrons. The molecule has 3 aliphatic rings. The van der Waals surface area contributed by atoms with Crippen LogP contribution in [0.4, 0.5) is 0 Å². The van der Waals surface area contributed by atoms with Gasteiger partial charge in [-0.3, -0.25) is 4.79 Å². The molecule has 0 aromatic heterocycles. The number of hydrogen-bond donors (Lipinski definition) is 0. The quantitative estimate of drug-likeness (QED) is 0.291. The molecule has 6 nitrogen and oxygen atoms in total. The van der Waals surface area contributed by atoms with E-state index in [1.165, 1.54) is 5.57 Å². The number of hydrogen-bond acceptors (Lipinski definition) is 6. The first-order valence-electron chi connectivity index (χ1n) is 12.0. The zero-order chi connectivity index (χ0) is 22.7. The van der Waals surface area contributed by atoms with Gasteiger partial charge in [0.25, 0.3) is 0 Å². The fraction of sp³-hybridized carbons (Fsp3) is 0.880. The van der Waals surface area contributed by atoms with E-state index in [2.05, 4.69) is 33.8 Å². The van der Waals surface area contributed by atoms with Gasteiger partial charge in [-0.1, -0.05) is 33.8 Å². The van der Waals surface area contributed by atoms with Crippen molar-refractivity contribution in [2.75, 3.05) is 33.7 Å². The van der Waals surface area contributed by atoms with Gasteiger partial charge in [-0.2, -0.15) is 0 Å². The molecule has 31 heavy (non-hydrogen) atoms. The summed E-state index contributed by atoms with van der Waals surface area (Å²) in [5, 5.41) is 0. The SMILES string of the molecule is CCOC(=O)[C@]1(CC2(CC(C)C)OCCO2)CC[C@@H]2C(=CCCC2(C)C)[C@H]1OCOC. The Balaban J connectivity index is 2.05. The van der Waals surface area contributed by atoms with Gasteiger partial charge in [0.05, 0.1) is 25.9 Å². The molecule has 3 rings (SSSR count). The zero-order valence-corrected chi connectivity index (χ0v) is 20.3. The van der Waals surface area contributed by atoms with Crippen LogP contribution in [-0.4, -0.2) is 51.6 Å². The van der Waals surface area contributed by atoms with Crippen LogP contribution < -0.4 is 0 Å². The second kappa shape index (κ2) is 9.90. The zero-order valence-electron chi connectivity index (χ0n) is 20.3. The highest BCUT2D eigenvalue weighted by Crippen LogP contribution is 2.57. The fourth-order valence-corrected chi connectivity index (χ4v) is 6.10. The van der Waals surface area contributed by atoms with E-state index in [-0.39, 0.29) is 18.2 Å². The molecule has 1 aliphatic heterocycles. The minimum Gasteiger partial charge on any atom is -0.465 e. The van der Waals surface area contributed by atoms with Crippen LogP contribution in [0.25, 0.3) is 0 Å². The first-order valence-corrected chi connectivity index (χ1v) is 12.0. The highest BCUT2D eigenvalue weighted by Gasteiger charge is 2.60. The van der Waals surface area contributed by atoms with Gasteiger partial charge in [-0.15, -0.1) is 0 Å². The summed E-state index contributed by atoms with van der Waals surface area (Å²) in [6.07, 6.45) is 6.84. The number of fused-ring (bicyclic) bond motifs is 1. The molecule has 0 aromatic carbocycles. The predicted octanol–water partition coefficient (Wildman–Crippen LogP) is 4.86. The van der Waals surface area contributed by atoms with Crippen molar-refractivity contribution in [2.24, 2.45) is 22.7 Å². The maximum absolute atomic E-state index is 13.7. The third-order valence-corrected chi connectivity index (χ3v) is 7.35. The van der Waals surface area contributed by atoms with Crippen LogP contribution in [-0.2, 0) is 28.5 Å². The Hall–Kier alpha value is -0.950. The second-order valence-corrected chi connectivity index (χ2v) is 10.5. The molecule has 2 fully saturated rings. The normalized spacial score (nSPS) is 31.9. The number of ether oxygens (including phenoxy) is 5. The Kier molecular flexibility index (Phi) is 7.88. The topological polar surface area (TPSA) is 63.2 Å². The number of carbonyl (C=O) groups is 1. The summed E-state index contributed by atoms with van der Waals surface area (Å²) in [7, 11) is 1.62. The molecular formula is C25H42O6. The van der Waals surface area contributed by atoms with E-state index in [9.17, 15) is 4.79 Å². The van der Waals surface area contributed by atoms with Gasteiger partial charge in [0.2, 0.25) is 0 Å². The molecule has 178 valence electrons. The minimum absolute atomic E-state index is 0.134. The van der Waals surface area contributed by atoms with Gasteiger partial charge in [0, 0.05) is 20.0 Å². The molecule has 3 atom stereocenters. The number of methoxy groups -OCH3 is 1. The lowest BCUT2D eigenvalue weighted by atomic mass is 9.55. The largest absolute Gasteiger partial charge is 0.465 e. The van der Waals surface area contributed by atoms with Crippen molar-refractivity contribution in [3.63, 3.8) is 0 Å². The van der Waals surface area contributed by atoms with Gasteiger partial charge >= 0.3 is 5.97 Å². The predicted molar refractivity (Wildman–Crippen MR) is 118 cm³/mol. The fourth-order valence-electron chi connectivity index (χ4n) is 6.10. The van der Waals surface area contributed by atoms with Crippen LogP contribution in [0.1, 0.15) is 73.1 Å². The van der Waals surface area contributed by atoms with E-state index in [0.29, 0.717) is 44.5 Å². The van der Waals surface area contributed by atoms with E-state index in [1.807, 2.05) is 6.92 Å². The molecule has 0 unspecified atom stereocenters. The molecule has 0 amide bonds. The van der Waals surface area contributed by atoms with Gasteiger partial charge in [0.15, 0.2) is 5.79 Å². The Morgan fingerprint density at radius 1 is 1.23 bits per heavy atom. The Morgan fingerprint density at radius 2 is 1.94 bits per heavy atom. The highest BCUT2D eigenvalue weighted by molar-refractivity contribution is 5.79. The molecule has 0 N–H and O–H groups in total. The molecule has 0 bridgehead atoms. The lowest BCUT2D eigenvalue weighted by Crippen LogP contribution is -2.56. The van der Waals surface area contributed by atoms with Gasteiger partial charge in [0.1, 0.15) is 12.2 Å². The number of carbonyl (C=O) groups excluding carboxylic acids is 1. The Labute approximate surface area is 188 Å². The first kappa shape index (κ1) is 24.7. The first-order chi connectivity index (χ1) is 14.7. The van der Waals surface area contributed by atoms with Gasteiger partial charge < -0.3 is 23.7 Å². The van der Waals surface area contributed by atoms with Crippen LogP contribution in [0.3, 0.4) is 0 Å². The Morgan fingerprint density at radius 3 is 2.55 bits per heavy atom. The monoisotopic (exact) mass is 438 g/mol. The smallest absolute Gasteiger partial charge is 0.315 e. The van der Waals surface area contributed by atoms with E-state index < -0.39 is 17.3 Å². The van der Waals surface area contributed by atoms with E-state index >= 15 is 0 Å². The maximum atomic E-state index is 13.7. The van der Waals surface area contributed by atoms with Crippen molar-refractivity contribution in [1.29, 1.82) is 0 Å². The minimum atomic E-state index is -0.858. The summed E-state index contributed by atoms with van der Waals surface area (Å²) in [4.78, 5) is 13.7. The van der Waals surface area contributed by atoms with Crippen molar-refractivity contribution in [3.05, 3.63) is 11.6 Å². The molecule has 0 spiro atoms. The van der Waals surface area contributed by atoms with Crippen LogP contribution in [0.15, 0.2) is 11.6 Å². The van der Waals surface area contributed by atoms with Crippen molar-refractivity contribution < 1.29 is 28.5 Å². The number of esters is 1. The molecule has 6 heteroatoms. The van der Waals surface area contributed by atoms with Crippen molar-refractivity contribution in [1.82, 2.24) is 0 Å². The summed E-state index contributed by atoms with van der Waals surface area (Å²) in [5.41, 5.74) is 0.546. The Bertz CT molecular complexity index is 648. The van der Waals surface area contributed by atoms with Gasteiger partial charge in [-0.05, 0) is 55.4 Å². The van der Waals surface area contributed by atoms with Crippen LogP contribution in [0, 0.1) is 22.7 Å².